The Morgan fingerprint density at radius 1 is 1.29 bits per heavy atom. The number of hydrogen-bond donors (Lipinski definition) is 1. The fraction of sp³-hybridized carbons (Fsp3) is 0.647. The fourth-order valence-electron chi connectivity index (χ4n) is 3.69. The largest absolute Gasteiger partial charge is 0.494 e. The molecule has 0 aromatic heterocycles. The van der Waals surface area contributed by atoms with Gasteiger partial charge in [0.25, 0.3) is 0 Å². The summed E-state index contributed by atoms with van der Waals surface area (Å²) in [5.74, 6) is -0.0294. The van der Waals surface area contributed by atoms with Crippen LogP contribution in [0.1, 0.15) is 44.9 Å². The van der Waals surface area contributed by atoms with Gasteiger partial charge in [-0.1, -0.05) is 19.3 Å². The number of anilines is 1. The molecular weight excluding hydrogens is 269 g/mol. The molecular formula is C17H24FNO2. The first-order valence-corrected chi connectivity index (χ1v) is 7.95. The van der Waals surface area contributed by atoms with Crippen molar-refractivity contribution in [3.63, 3.8) is 0 Å². The lowest BCUT2D eigenvalue weighted by Crippen LogP contribution is -2.45. The number of rotatable bonds is 3. The third kappa shape index (κ3) is 3.31. The quantitative estimate of drug-likeness (QED) is 0.909. The van der Waals surface area contributed by atoms with E-state index in [1.165, 1.54) is 45.3 Å². The van der Waals surface area contributed by atoms with Crippen molar-refractivity contribution in [2.75, 3.05) is 19.0 Å². The van der Waals surface area contributed by atoms with Crippen LogP contribution < -0.4 is 10.1 Å². The lowest BCUT2D eigenvalue weighted by atomic mass is 9.78. The molecule has 1 aliphatic carbocycles. The summed E-state index contributed by atoms with van der Waals surface area (Å²) in [6, 6.07) is 5.43. The van der Waals surface area contributed by atoms with E-state index in [2.05, 4.69) is 5.32 Å². The minimum Gasteiger partial charge on any atom is -0.494 e. The summed E-state index contributed by atoms with van der Waals surface area (Å²) >= 11 is 0. The molecule has 1 unspecified atom stereocenters. The molecule has 1 spiro atoms. The number of methoxy groups -OCH3 is 1. The predicted octanol–water partition coefficient (Wildman–Crippen LogP) is 4.13. The summed E-state index contributed by atoms with van der Waals surface area (Å²) in [6.45, 7) is 0.802. The van der Waals surface area contributed by atoms with Crippen molar-refractivity contribution >= 4 is 5.69 Å². The Balaban J connectivity index is 1.65. The highest BCUT2D eigenvalue weighted by Gasteiger charge is 2.38. The van der Waals surface area contributed by atoms with Crippen molar-refractivity contribution in [2.24, 2.45) is 0 Å². The van der Waals surface area contributed by atoms with Gasteiger partial charge in [0, 0.05) is 24.4 Å². The molecule has 4 heteroatoms. The third-order valence-corrected chi connectivity index (χ3v) is 4.78. The fourth-order valence-corrected chi connectivity index (χ4v) is 3.69. The summed E-state index contributed by atoms with van der Waals surface area (Å²) in [5.41, 5.74) is 0.894. The van der Waals surface area contributed by atoms with E-state index in [0.717, 1.165) is 25.1 Å². The maximum Gasteiger partial charge on any atom is 0.167 e. The van der Waals surface area contributed by atoms with Crippen molar-refractivity contribution < 1.29 is 13.9 Å². The standard InChI is InChI=1S/C17H24FNO2/c1-20-16-6-5-13(11-15(16)18)19-14-7-10-21-17(12-14)8-3-2-4-9-17/h5-6,11,14,19H,2-4,7-10,12H2,1H3. The topological polar surface area (TPSA) is 30.5 Å². The molecule has 1 N–H and O–H groups in total. The van der Waals surface area contributed by atoms with Crippen molar-refractivity contribution in [1.29, 1.82) is 0 Å². The molecule has 1 saturated carbocycles. The van der Waals surface area contributed by atoms with Crippen LogP contribution in [0.2, 0.25) is 0 Å². The molecule has 21 heavy (non-hydrogen) atoms. The van der Waals surface area contributed by atoms with Crippen LogP contribution in [0, 0.1) is 5.82 Å². The number of halogens is 1. The van der Waals surface area contributed by atoms with Gasteiger partial charge in [0.05, 0.1) is 12.7 Å². The van der Waals surface area contributed by atoms with Crippen molar-refractivity contribution in [2.45, 2.75) is 56.6 Å². The van der Waals surface area contributed by atoms with Gasteiger partial charge in [0.2, 0.25) is 0 Å². The minimum absolute atomic E-state index is 0.0686. The van der Waals surface area contributed by atoms with Crippen LogP contribution in [0.25, 0.3) is 0 Å². The molecule has 1 aromatic carbocycles. The van der Waals surface area contributed by atoms with E-state index in [1.54, 1.807) is 6.07 Å². The van der Waals surface area contributed by atoms with E-state index in [-0.39, 0.29) is 17.2 Å². The molecule has 1 saturated heterocycles. The van der Waals surface area contributed by atoms with Crippen LogP contribution in [0.3, 0.4) is 0 Å². The van der Waals surface area contributed by atoms with Gasteiger partial charge in [-0.25, -0.2) is 4.39 Å². The van der Waals surface area contributed by atoms with Gasteiger partial charge in [-0.05, 0) is 37.8 Å². The minimum atomic E-state index is -0.318. The Hall–Kier alpha value is -1.29. The molecule has 0 amide bonds. The average molecular weight is 293 g/mol. The van der Waals surface area contributed by atoms with E-state index in [0.29, 0.717) is 6.04 Å². The van der Waals surface area contributed by atoms with Crippen LogP contribution in [-0.2, 0) is 4.74 Å². The van der Waals surface area contributed by atoms with E-state index in [4.69, 9.17) is 9.47 Å². The Labute approximate surface area is 125 Å². The lowest BCUT2D eigenvalue weighted by Gasteiger charge is -2.44. The van der Waals surface area contributed by atoms with Crippen molar-refractivity contribution in [3.8, 4) is 5.75 Å². The molecule has 2 aliphatic rings. The highest BCUT2D eigenvalue weighted by atomic mass is 19.1. The first-order chi connectivity index (χ1) is 10.2. The normalized spacial score (nSPS) is 24.8. The van der Waals surface area contributed by atoms with E-state index in [1.807, 2.05) is 6.07 Å². The maximum atomic E-state index is 13.8. The summed E-state index contributed by atoms with van der Waals surface area (Å²) in [5, 5.41) is 3.47. The summed E-state index contributed by atoms with van der Waals surface area (Å²) < 4.78 is 24.8. The zero-order valence-corrected chi connectivity index (χ0v) is 12.7. The molecule has 3 nitrogen and oxygen atoms in total. The zero-order chi connectivity index (χ0) is 14.7. The molecule has 1 aromatic rings. The zero-order valence-electron chi connectivity index (χ0n) is 12.7. The smallest absolute Gasteiger partial charge is 0.167 e. The Morgan fingerprint density at radius 2 is 2.10 bits per heavy atom. The molecule has 0 bridgehead atoms. The number of hydrogen-bond acceptors (Lipinski definition) is 3. The van der Waals surface area contributed by atoms with Gasteiger partial charge in [-0.3, -0.25) is 0 Å². The van der Waals surface area contributed by atoms with Gasteiger partial charge in [0.15, 0.2) is 11.6 Å². The molecule has 1 heterocycles. The second kappa shape index (κ2) is 6.22. The first-order valence-electron chi connectivity index (χ1n) is 7.95. The van der Waals surface area contributed by atoms with E-state index < -0.39 is 0 Å². The van der Waals surface area contributed by atoms with Gasteiger partial charge < -0.3 is 14.8 Å². The second-order valence-corrected chi connectivity index (χ2v) is 6.28. The summed E-state index contributed by atoms with van der Waals surface area (Å²) in [6.07, 6.45) is 8.21. The third-order valence-electron chi connectivity index (χ3n) is 4.78. The second-order valence-electron chi connectivity index (χ2n) is 6.28. The maximum absolute atomic E-state index is 13.8. The number of benzene rings is 1. The van der Waals surface area contributed by atoms with Crippen LogP contribution in [0.15, 0.2) is 18.2 Å². The Bertz CT molecular complexity index is 480. The first kappa shape index (κ1) is 14.6. The van der Waals surface area contributed by atoms with Crippen LogP contribution in [-0.4, -0.2) is 25.4 Å². The summed E-state index contributed by atoms with van der Waals surface area (Å²) in [4.78, 5) is 0. The summed E-state index contributed by atoms with van der Waals surface area (Å²) in [7, 11) is 1.48. The van der Waals surface area contributed by atoms with Crippen molar-refractivity contribution in [3.05, 3.63) is 24.0 Å². The molecule has 1 aliphatic heterocycles. The van der Waals surface area contributed by atoms with Gasteiger partial charge in [-0.2, -0.15) is 0 Å². The monoisotopic (exact) mass is 293 g/mol. The van der Waals surface area contributed by atoms with Crippen LogP contribution in [0.5, 0.6) is 5.75 Å². The van der Waals surface area contributed by atoms with Crippen LogP contribution in [0.4, 0.5) is 10.1 Å². The Kier molecular flexibility index (Phi) is 4.34. The van der Waals surface area contributed by atoms with E-state index in [9.17, 15) is 4.39 Å². The molecule has 0 radical (unpaired) electrons. The lowest BCUT2D eigenvalue weighted by molar-refractivity contribution is -0.103. The highest BCUT2D eigenvalue weighted by molar-refractivity contribution is 5.48. The number of nitrogens with one attached hydrogen (secondary N) is 1. The SMILES string of the molecule is COc1ccc(NC2CCOC3(CCCCC3)C2)cc1F. The van der Waals surface area contributed by atoms with Gasteiger partial charge in [0.1, 0.15) is 0 Å². The molecule has 116 valence electrons. The highest BCUT2D eigenvalue weighted by Crippen LogP contribution is 2.39. The van der Waals surface area contributed by atoms with Crippen molar-refractivity contribution in [1.82, 2.24) is 0 Å². The van der Waals surface area contributed by atoms with Gasteiger partial charge in [-0.15, -0.1) is 0 Å². The molecule has 1 atom stereocenters. The van der Waals surface area contributed by atoms with Gasteiger partial charge >= 0.3 is 0 Å². The average Bonchev–Trinajstić information content (AvgIpc) is 2.48. The predicted molar refractivity (Wildman–Crippen MR) is 81.4 cm³/mol. The van der Waals surface area contributed by atoms with Crippen LogP contribution >= 0.6 is 0 Å². The van der Waals surface area contributed by atoms with E-state index >= 15 is 0 Å². The molecule has 2 fully saturated rings. The molecule has 3 rings (SSSR count). The number of ether oxygens (including phenoxy) is 2. The Morgan fingerprint density at radius 3 is 2.81 bits per heavy atom.